The van der Waals surface area contributed by atoms with Gasteiger partial charge < -0.3 is 64.3 Å². The molecule has 10 aliphatic heterocycles. The summed E-state index contributed by atoms with van der Waals surface area (Å²) >= 11 is 0. The van der Waals surface area contributed by atoms with E-state index in [9.17, 15) is 23.4 Å². The maximum atomic E-state index is 14.1. The number of hydrogen-bond donors (Lipinski definition) is 5. The fourth-order valence-corrected chi connectivity index (χ4v) is 13.5. The Morgan fingerprint density at radius 2 is 1.47 bits per heavy atom. The summed E-state index contributed by atoms with van der Waals surface area (Å²) in [5, 5.41) is 20.0. The lowest BCUT2D eigenvalue weighted by atomic mass is 9.81. The molecule has 17 nitrogen and oxygen atoms in total. The molecule has 21 atom stereocenters. The molecule has 11 aliphatic rings. The Morgan fingerprint density at radius 3 is 2.19 bits per heavy atom. The third-order valence-corrected chi connectivity index (χ3v) is 17.3. The Bertz CT molecular complexity index is 2440. The first-order chi connectivity index (χ1) is 35.3. The van der Waals surface area contributed by atoms with Gasteiger partial charge in [0, 0.05) is 70.1 Å². The van der Waals surface area contributed by atoms with Gasteiger partial charge >= 0.3 is 0 Å². The maximum Gasteiger partial charge on any atom is 0.261 e. The maximum absolute atomic E-state index is 14.1. The molecule has 408 valence electrons. The molecule has 0 amide bonds. The van der Waals surface area contributed by atoms with E-state index in [0.717, 1.165) is 73.6 Å². The molecular formula is C56H78N2O15S. The molecule has 74 heavy (non-hydrogen) atoms. The van der Waals surface area contributed by atoms with E-state index in [1.165, 1.54) is 5.56 Å². The van der Waals surface area contributed by atoms with Crippen molar-refractivity contribution >= 4 is 15.9 Å². The predicted molar refractivity (Wildman–Crippen MR) is 273 cm³/mol. The zero-order valence-electron chi connectivity index (χ0n) is 43.0. The Hall–Kier alpha value is -3.18. The van der Waals surface area contributed by atoms with Gasteiger partial charge in [-0.3, -0.25) is 9.35 Å². The zero-order valence-corrected chi connectivity index (χ0v) is 43.8. The number of carbonyl (C=O) groups is 1. The van der Waals surface area contributed by atoms with Crippen LogP contribution >= 0.6 is 0 Å². The normalized spacial score (nSPS) is 42.7. The molecule has 1 saturated carbocycles. The number of aliphatic hydroxyl groups is 1. The van der Waals surface area contributed by atoms with Crippen molar-refractivity contribution in [3.63, 3.8) is 0 Å². The van der Waals surface area contributed by atoms with Gasteiger partial charge in [0.15, 0.2) is 5.79 Å². The standard InChI is InChI=1S/C40H59NO11.C15H15NO.CH4O3S/c1-19-11-24-5-7-28-20(2)12-26(45-28)9-10-40-17-33-36(51-40)37-38(50-33)39(52-40)35-29(49-37)8-6-25(47-35)13-22(42)14-27-31(16-30(46-24)21(19)3)48-32(34(27)44-4)15-23(43)18-41;16-15-9-14(15)11-6-4-10(5-7-11)12-2-1-3-13(17)8-12;1-5(2,3)4/h19,23-39,43H,2-3,5-18,41H2,1,4H3;1-8,14-15,17H,9,16H2;1H3,(H,2,3,4). The second-order valence-corrected chi connectivity index (χ2v) is 24.3. The molecule has 10 heterocycles. The van der Waals surface area contributed by atoms with Crippen LogP contribution < -0.4 is 11.5 Å². The molecule has 1 spiro atoms. The molecule has 0 aromatic heterocycles. The molecule has 7 N–H and O–H groups in total. The summed E-state index contributed by atoms with van der Waals surface area (Å²) in [6, 6.07) is 16.1. The second-order valence-electron chi connectivity index (χ2n) is 22.8. The summed E-state index contributed by atoms with van der Waals surface area (Å²) in [5.41, 5.74) is 17.3. The summed E-state index contributed by atoms with van der Waals surface area (Å²) in [4.78, 5) is 14.1. The first-order valence-electron chi connectivity index (χ1n) is 27.0. The van der Waals surface area contributed by atoms with Crippen LogP contribution in [0.5, 0.6) is 5.75 Å². The predicted octanol–water partition coefficient (Wildman–Crippen LogP) is 5.82. The first kappa shape index (κ1) is 54.2. The number of nitrogens with two attached hydrogens (primary N) is 2. The van der Waals surface area contributed by atoms with E-state index in [0.29, 0.717) is 49.6 Å². The SMILES string of the molecule is C=C1CC2CCC34CC5OC6C(OC7CCC(CC(=O)CC8C(CC9OC(CCC1O2)CC(C)C9=C)OC(CC(O)CN)C8OC)OC7C6O3)C5O4.CS(=O)(=O)O.NC1CC1c1ccc(-c2cccc(O)c2)cc1. The van der Waals surface area contributed by atoms with Gasteiger partial charge in [0.2, 0.25) is 0 Å². The number of phenolic OH excluding ortho intramolecular Hbond substituents is 1. The fraction of sp³-hybridized carbons (Fsp3) is 0.696. The van der Waals surface area contributed by atoms with Gasteiger partial charge in [0.1, 0.15) is 42.1 Å². The molecule has 12 bridgehead atoms. The van der Waals surface area contributed by atoms with Gasteiger partial charge in [0.25, 0.3) is 10.1 Å². The van der Waals surface area contributed by atoms with E-state index in [4.69, 9.17) is 58.7 Å². The summed E-state index contributed by atoms with van der Waals surface area (Å²) < 4.78 is 85.9. The fourth-order valence-electron chi connectivity index (χ4n) is 13.5. The first-order valence-corrected chi connectivity index (χ1v) is 28.8. The number of Topliss-reactive ketones (excluding diaryl/α,β-unsaturated/α-hetero) is 1. The average Bonchev–Trinajstić information content (AvgIpc) is 3.54. The molecule has 1 aliphatic carbocycles. The van der Waals surface area contributed by atoms with Crippen LogP contribution in [-0.2, 0) is 57.5 Å². The van der Waals surface area contributed by atoms with E-state index in [1.54, 1.807) is 19.2 Å². The number of methoxy groups -OCH3 is 1. The van der Waals surface area contributed by atoms with Gasteiger partial charge in [-0.05, 0) is 97.3 Å². The lowest BCUT2D eigenvalue weighted by molar-refractivity contribution is -0.292. The number of aliphatic hydroxyl groups excluding tert-OH is 1. The van der Waals surface area contributed by atoms with Crippen LogP contribution in [0.2, 0.25) is 0 Å². The van der Waals surface area contributed by atoms with E-state index in [-0.39, 0.29) is 122 Å². The number of aromatic hydroxyl groups is 1. The quantitative estimate of drug-likeness (QED) is 0.169. The minimum absolute atomic E-state index is 0.0158. The molecule has 0 radical (unpaired) electrons. The van der Waals surface area contributed by atoms with Crippen molar-refractivity contribution in [2.75, 3.05) is 19.9 Å². The van der Waals surface area contributed by atoms with Gasteiger partial charge in [-0.25, -0.2) is 0 Å². The van der Waals surface area contributed by atoms with Crippen molar-refractivity contribution in [3.8, 4) is 16.9 Å². The number of ketones is 1. The molecule has 13 rings (SSSR count). The zero-order chi connectivity index (χ0) is 52.2. The van der Waals surface area contributed by atoms with Crippen LogP contribution in [0.15, 0.2) is 72.8 Å². The van der Waals surface area contributed by atoms with Crippen molar-refractivity contribution in [1.29, 1.82) is 0 Å². The summed E-state index contributed by atoms with van der Waals surface area (Å²) in [6.45, 7) is 11.3. The summed E-state index contributed by atoms with van der Waals surface area (Å²) in [5.74, 6) is 0.232. The number of phenols is 1. The van der Waals surface area contributed by atoms with Gasteiger partial charge in [-0.1, -0.05) is 56.5 Å². The summed E-state index contributed by atoms with van der Waals surface area (Å²) in [7, 11) is -2.01. The Balaban J connectivity index is 0.000000235. The van der Waals surface area contributed by atoms with Crippen LogP contribution in [0.25, 0.3) is 11.1 Å². The largest absolute Gasteiger partial charge is 0.508 e. The van der Waals surface area contributed by atoms with Gasteiger partial charge in [-0.15, -0.1) is 0 Å². The highest BCUT2D eigenvalue weighted by atomic mass is 32.2. The Morgan fingerprint density at radius 1 is 0.784 bits per heavy atom. The second kappa shape index (κ2) is 22.3. The third kappa shape index (κ3) is 12.1. The number of hydrogen-bond acceptors (Lipinski definition) is 16. The lowest BCUT2D eigenvalue weighted by Gasteiger charge is -2.47. The Kier molecular flexibility index (Phi) is 16.3. The van der Waals surface area contributed by atoms with Crippen LogP contribution in [0.4, 0.5) is 0 Å². The highest BCUT2D eigenvalue weighted by Gasteiger charge is 2.69. The van der Waals surface area contributed by atoms with E-state index in [2.05, 4.69) is 44.3 Å². The van der Waals surface area contributed by atoms with Crippen molar-refractivity contribution in [1.82, 2.24) is 0 Å². The Labute approximate surface area is 435 Å². The monoisotopic (exact) mass is 1050 g/mol. The molecular weight excluding hydrogens is 973 g/mol. The molecule has 18 heteroatoms. The van der Waals surface area contributed by atoms with Crippen LogP contribution in [0.1, 0.15) is 108 Å². The van der Waals surface area contributed by atoms with Crippen molar-refractivity contribution in [2.45, 2.75) is 212 Å². The molecule has 10 saturated heterocycles. The number of rotatable bonds is 6. The number of carbonyl (C=O) groups excluding carboxylic acids is 1. The molecule has 2 aromatic rings. The topological polar surface area (TPSA) is 247 Å². The van der Waals surface area contributed by atoms with E-state index in [1.807, 2.05) is 12.1 Å². The van der Waals surface area contributed by atoms with Crippen LogP contribution in [0.3, 0.4) is 0 Å². The highest BCUT2D eigenvalue weighted by Crippen LogP contribution is 2.54. The lowest BCUT2D eigenvalue weighted by Crippen LogP contribution is -2.61. The molecule has 21 unspecified atom stereocenters. The van der Waals surface area contributed by atoms with Crippen molar-refractivity contribution < 1.29 is 70.6 Å². The van der Waals surface area contributed by atoms with E-state index < -0.39 is 28.1 Å². The minimum atomic E-state index is -3.67. The van der Waals surface area contributed by atoms with Crippen LogP contribution in [0, 0.1) is 11.8 Å². The number of benzene rings is 2. The molecule has 11 fully saturated rings. The molecule has 2 aromatic carbocycles. The number of fused-ring (bicyclic) bond motifs is 6. The van der Waals surface area contributed by atoms with Gasteiger partial charge in [-0.2, -0.15) is 8.42 Å². The minimum Gasteiger partial charge on any atom is -0.508 e. The smallest absolute Gasteiger partial charge is 0.261 e. The number of ether oxygens (including phenoxy) is 9. The highest BCUT2D eigenvalue weighted by molar-refractivity contribution is 7.85. The van der Waals surface area contributed by atoms with Crippen molar-refractivity contribution in [2.24, 2.45) is 23.3 Å². The average molecular weight is 1050 g/mol. The van der Waals surface area contributed by atoms with E-state index >= 15 is 0 Å². The van der Waals surface area contributed by atoms with Gasteiger partial charge in [0.05, 0.1) is 73.4 Å². The van der Waals surface area contributed by atoms with Crippen LogP contribution in [-0.4, -0.2) is 158 Å². The third-order valence-electron chi connectivity index (χ3n) is 17.3. The van der Waals surface area contributed by atoms with Crippen molar-refractivity contribution in [3.05, 3.63) is 78.4 Å². The summed E-state index contributed by atoms with van der Waals surface area (Å²) in [6.07, 6.45) is 6.67.